The van der Waals surface area contributed by atoms with Crippen molar-refractivity contribution in [1.29, 1.82) is 0 Å². The molecule has 0 aliphatic rings. The number of thiazole rings is 1. The Balaban J connectivity index is 2.16. The molecule has 0 saturated heterocycles. The topological polar surface area (TPSA) is 80.0 Å². The number of urea groups is 1. The van der Waals surface area contributed by atoms with Gasteiger partial charge in [0.05, 0.1) is 0 Å². The minimum absolute atomic E-state index is 0.465. The van der Waals surface area contributed by atoms with Crippen LogP contribution in [0.15, 0.2) is 5.38 Å². The molecule has 1 aromatic heterocycles. The summed E-state index contributed by atoms with van der Waals surface area (Å²) in [7, 11) is 0. The molecule has 0 unspecified atom stereocenters. The SMILES string of the molecule is NC(=O)NCCNc1nc(Cl)cs1. The lowest BCUT2D eigenvalue weighted by Crippen LogP contribution is -2.33. The van der Waals surface area contributed by atoms with E-state index in [0.29, 0.717) is 18.2 Å². The van der Waals surface area contributed by atoms with Crippen LogP contribution in [0.2, 0.25) is 5.15 Å². The molecule has 0 aliphatic carbocycles. The van der Waals surface area contributed by atoms with E-state index >= 15 is 0 Å². The van der Waals surface area contributed by atoms with Crippen molar-refractivity contribution in [1.82, 2.24) is 10.3 Å². The van der Waals surface area contributed by atoms with Crippen LogP contribution in [0.1, 0.15) is 0 Å². The van der Waals surface area contributed by atoms with Crippen molar-refractivity contribution in [2.45, 2.75) is 0 Å². The van der Waals surface area contributed by atoms with E-state index < -0.39 is 6.03 Å². The molecular weight excluding hydrogens is 212 g/mol. The van der Waals surface area contributed by atoms with Gasteiger partial charge in [0.15, 0.2) is 5.13 Å². The van der Waals surface area contributed by atoms with Crippen molar-refractivity contribution in [2.24, 2.45) is 5.73 Å². The molecule has 5 nitrogen and oxygen atoms in total. The zero-order chi connectivity index (χ0) is 9.68. The Labute approximate surface area is 84.3 Å². The first-order valence-corrected chi connectivity index (χ1v) is 4.82. The van der Waals surface area contributed by atoms with E-state index in [0.717, 1.165) is 5.13 Å². The Morgan fingerprint density at radius 1 is 1.69 bits per heavy atom. The molecule has 0 bridgehead atoms. The monoisotopic (exact) mass is 220 g/mol. The molecule has 4 N–H and O–H groups in total. The van der Waals surface area contributed by atoms with Crippen molar-refractivity contribution >= 4 is 34.1 Å². The fourth-order valence-corrected chi connectivity index (χ4v) is 1.56. The third-order valence-corrected chi connectivity index (χ3v) is 2.30. The van der Waals surface area contributed by atoms with Gasteiger partial charge < -0.3 is 16.4 Å². The van der Waals surface area contributed by atoms with Gasteiger partial charge in [0, 0.05) is 18.5 Å². The van der Waals surface area contributed by atoms with Crippen LogP contribution in [0.5, 0.6) is 0 Å². The molecule has 72 valence electrons. The van der Waals surface area contributed by atoms with E-state index in [1.807, 2.05) is 0 Å². The van der Waals surface area contributed by atoms with Crippen molar-refractivity contribution in [3.8, 4) is 0 Å². The lowest BCUT2D eigenvalue weighted by atomic mass is 10.6. The average molecular weight is 221 g/mol. The second-order valence-corrected chi connectivity index (χ2v) is 3.44. The van der Waals surface area contributed by atoms with E-state index in [1.165, 1.54) is 11.3 Å². The van der Waals surface area contributed by atoms with Gasteiger partial charge in [0.2, 0.25) is 0 Å². The summed E-state index contributed by atoms with van der Waals surface area (Å²) < 4.78 is 0. The molecule has 13 heavy (non-hydrogen) atoms. The number of halogens is 1. The summed E-state index contributed by atoms with van der Waals surface area (Å²) in [5.74, 6) is 0. The predicted molar refractivity (Wildman–Crippen MR) is 53.2 cm³/mol. The minimum atomic E-state index is -0.529. The minimum Gasteiger partial charge on any atom is -0.360 e. The highest BCUT2D eigenvalue weighted by atomic mass is 35.5. The third kappa shape index (κ3) is 3.95. The van der Waals surface area contributed by atoms with Crippen LogP contribution >= 0.6 is 22.9 Å². The molecule has 0 spiro atoms. The van der Waals surface area contributed by atoms with Crippen molar-refractivity contribution in [3.05, 3.63) is 10.5 Å². The second-order valence-electron chi connectivity index (χ2n) is 2.19. The molecule has 1 aromatic rings. The smallest absolute Gasteiger partial charge is 0.312 e. The zero-order valence-electron chi connectivity index (χ0n) is 6.71. The molecular formula is C6H9ClN4OS. The molecule has 0 atom stereocenters. The molecule has 0 aromatic carbocycles. The standard InChI is InChI=1S/C6H9ClN4OS/c7-4-3-13-6(11-4)10-2-1-9-5(8)12/h3H,1-2H2,(H,10,11)(H3,8,9,12). The number of nitrogens with zero attached hydrogens (tertiary/aromatic N) is 1. The number of aromatic nitrogens is 1. The Morgan fingerprint density at radius 3 is 3.00 bits per heavy atom. The molecule has 1 rings (SSSR count). The number of rotatable bonds is 4. The van der Waals surface area contributed by atoms with E-state index in [2.05, 4.69) is 15.6 Å². The van der Waals surface area contributed by atoms with Gasteiger partial charge in [0.25, 0.3) is 0 Å². The van der Waals surface area contributed by atoms with E-state index in [4.69, 9.17) is 17.3 Å². The lowest BCUT2D eigenvalue weighted by molar-refractivity contribution is 0.249. The highest BCUT2D eigenvalue weighted by molar-refractivity contribution is 7.14. The summed E-state index contributed by atoms with van der Waals surface area (Å²) in [6.45, 7) is 1.04. The van der Waals surface area contributed by atoms with Crippen molar-refractivity contribution < 1.29 is 4.79 Å². The largest absolute Gasteiger partial charge is 0.360 e. The van der Waals surface area contributed by atoms with Gasteiger partial charge in [-0.2, -0.15) is 0 Å². The summed E-state index contributed by atoms with van der Waals surface area (Å²) in [4.78, 5) is 14.2. The van der Waals surface area contributed by atoms with Crippen molar-refractivity contribution in [3.63, 3.8) is 0 Å². The Kier molecular flexibility index (Phi) is 3.78. The highest BCUT2D eigenvalue weighted by Crippen LogP contribution is 2.17. The second kappa shape index (κ2) is 4.88. The van der Waals surface area contributed by atoms with Crippen LogP contribution in [0.25, 0.3) is 0 Å². The Hall–Kier alpha value is -1.01. The summed E-state index contributed by atoms with van der Waals surface area (Å²) in [6.07, 6.45) is 0. The zero-order valence-corrected chi connectivity index (χ0v) is 8.28. The van der Waals surface area contributed by atoms with Gasteiger partial charge in [-0.3, -0.25) is 0 Å². The average Bonchev–Trinajstić information content (AvgIpc) is 2.45. The maximum Gasteiger partial charge on any atom is 0.312 e. The van der Waals surface area contributed by atoms with Gasteiger partial charge in [-0.15, -0.1) is 11.3 Å². The first kappa shape index (κ1) is 10.1. The van der Waals surface area contributed by atoms with Crippen LogP contribution in [0, 0.1) is 0 Å². The fourth-order valence-electron chi connectivity index (χ4n) is 0.690. The lowest BCUT2D eigenvalue weighted by Gasteiger charge is -2.01. The third-order valence-electron chi connectivity index (χ3n) is 1.18. The van der Waals surface area contributed by atoms with Gasteiger partial charge in [-0.25, -0.2) is 9.78 Å². The molecule has 0 fully saturated rings. The number of nitrogens with one attached hydrogen (secondary N) is 2. The number of amides is 2. The molecule has 7 heteroatoms. The fraction of sp³-hybridized carbons (Fsp3) is 0.333. The Bertz CT molecular complexity index is 290. The normalized spacial score (nSPS) is 9.62. The first-order valence-electron chi connectivity index (χ1n) is 3.56. The van der Waals surface area contributed by atoms with E-state index in [1.54, 1.807) is 5.38 Å². The highest BCUT2D eigenvalue weighted by Gasteiger charge is 1.97. The number of hydrogen-bond acceptors (Lipinski definition) is 4. The molecule has 0 radical (unpaired) electrons. The summed E-state index contributed by atoms with van der Waals surface area (Å²) in [6, 6.07) is -0.529. The molecule has 2 amide bonds. The first-order chi connectivity index (χ1) is 6.18. The predicted octanol–water partition coefficient (Wildman–Crippen LogP) is 0.877. The van der Waals surface area contributed by atoms with Gasteiger partial charge >= 0.3 is 6.03 Å². The number of anilines is 1. The quantitative estimate of drug-likeness (QED) is 0.659. The van der Waals surface area contributed by atoms with E-state index in [9.17, 15) is 4.79 Å². The van der Waals surface area contributed by atoms with E-state index in [-0.39, 0.29) is 0 Å². The number of carbonyl (C=O) groups excluding carboxylic acids is 1. The van der Waals surface area contributed by atoms with Crippen LogP contribution in [0.4, 0.5) is 9.93 Å². The number of primary amides is 1. The molecule has 1 heterocycles. The van der Waals surface area contributed by atoms with Crippen LogP contribution < -0.4 is 16.4 Å². The summed E-state index contributed by atoms with van der Waals surface area (Å²) in [5.41, 5.74) is 4.86. The molecule has 0 aliphatic heterocycles. The maximum atomic E-state index is 10.3. The number of carbonyl (C=O) groups is 1. The summed E-state index contributed by atoms with van der Waals surface area (Å²) in [5, 5.41) is 8.34. The van der Waals surface area contributed by atoms with Gasteiger partial charge in [0.1, 0.15) is 5.15 Å². The maximum absolute atomic E-state index is 10.3. The van der Waals surface area contributed by atoms with Gasteiger partial charge in [-0.05, 0) is 0 Å². The van der Waals surface area contributed by atoms with Crippen molar-refractivity contribution in [2.75, 3.05) is 18.4 Å². The van der Waals surface area contributed by atoms with Crippen LogP contribution in [0.3, 0.4) is 0 Å². The number of hydrogen-bond donors (Lipinski definition) is 3. The van der Waals surface area contributed by atoms with Crippen LogP contribution in [-0.2, 0) is 0 Å². The Morgan fingerprint density at radius 2 is 2.46 bits per heavy atom. The van der Waals surface area contributed by atoms with Crippen LogP contribution in [-0.4, -0.2) is 24.1 Å². The van der Waals surface area contributed by atoms with Gasteiger partial charge in [-0.1, -0.05) is 11.6 Å². The molecule has 0 saturated carbocycles. The number of nitrogens with two attached hydrogens (primary N) is 1. The summed E-state index contributed by atoms with van der Waals surface area (Å²) >= 11 is 7.00.